The van der Waals surface area contributed by atoms with Gasteiger partial charge in [-0.25, -0.2) is 0 Å². The van der Waals surface area contributed by atoms with Crippen LogP contribution in [0, 0.1) is 5.41 Å². The Bertz CT molecular complexity index is 1050. The molecule has 8 nitrogen and oxygen atoms in total. The quantitative estimate of drug-likeness (QED) is 0.156. The number of hydrogen-bond acceptors (Lipinski definition) is 8. The highest BCUT2D eigenvalue weighted by molar-refractivity contribution is 6.06. The standard InChI is InChI=1S/C35H54N2O6/c1-9-36(10-2)21-23-42-29-17-13-27(25-31(29)40-7)15-19-33(38)35(5,6)34(39)20-16-28-14-18-30(32(26-28)41-8)43-24-22-37(11-3)12-4/h13-14,17-18,25-26H,9-12,15-16,19-24H2,1-8H3. The Morgan fingerprint density at radius 1 is 0.628 bits per heavy atom. The van der Waals surface area contributed by atoms with Crippen molar-refractivity contribution in [2.24, 2.45) is 5.41 Å². The Labute approximate surface area is 259 Å². The van der Waals surface area contributed by atoms with Crippen LogP contribution in [0.2, 0.25) is 0 Å². The molecule has 0 heterocycles. The number of methoxy groups -OCH3 is 2. The molecule has 0 bridgehead atoms. The molecule has 0 fully saturated rings. The van der Waals surface area contributed by atoms with E-state index in [0.29, 0.717) is 49.1 Å². The number of likely N-dealkylation sites (N-methyl/N-ethyl adjacent to an activating group) is 2. The fraction of sp³-hybridized carbons (Fsp3) is 0.600. The average molecular weight is 599 g/mol. The van der Waals surface area contributed by atoms with Crippen LogP contribution in [-0.4, -0.2) is 88.1 Å². The van der Waals surface area contributed by atoms with E-state index in [4.69, 9.17) is 18.9 Å². The van der Waals surface area contributed by atoms with Gasteiger partial charge >= 0.3 is 0 Å². The minimum Gasteiger partial charge on any atom is -0.493 e. The first-order valence-electron chi connectivity index (χ1n) is 15.7. The van der Waals surface area contributed by atoms with Gasteiger partial charge < -0.3 is 28.7 Å². The summed E-state index contributed by atoms with van der Waals surface area (Å²) in [4.78, 5) is 31.0. The largest absolute Gasteiger partial charge is 0.493 e. The molecule has 240 valence electrons. The lowest BCUT2D eigenvalue weighted by atomic mass is 9.79. The summed E-state index contributed by atoms with van der Waals surface area (Å²) in [6.07, 6.45) is 1.60. The van der Waals surface area contributed by atoms with E-state index >= 15 is 0 Å². The molecule has 2 aromatic carbocycles. The SMILES string of the molecule is CCN(CC)CCOc1ccc(CCC(=O)C(C)(C)C(=O)CCc2ccc(OCCN(CC)CC)c(OC)c2)cc1OC. The zero-order valence-corrected chi connectivity index (χ0v) is 27.8. The van der Waals surface area contributed by atoms with Gasteiger partial charge in [-0.15, -0.1) is 0 Å². The second kappa shape index (κ2) is 18.5. The van der Waals surface area contributed by atoms with E-state index < -0.39 is 5.41 Å². The number of nitrogens with zero attached hydrogens (tertiary/aromatic N) is 2. The van der Waals surface area contributed by atoms with E-state index in [0.717, 1.165) is 50.4 Å². The molecule has 0 N–H and O–H groups in total. The molecule has 0 atom stereocenters. The second-order valence-corrected chi connectivity index (χ2v) is 11.2. The smallest absolute Gasteiger partial charge is 0.161 e. The minimum atomic E-state index is -1.06. The van der Waals surface area contributed by atoms with Gasteiger partial charge in [0.1, 0.15) is 24.8 Å². The molecular weight excluding hydrogens is 544 g/mol. The Kier molecular flexibility index (Phi) is 15.6. The van der Waals surface area contributed by atoms with Crippen LogP contribution in [0.1, 0.15) is 65.5 Å². The molecule has 0 aromatic heterocycles. The van der Waals surface area contributed by atoms with Crippen molar-refractivity contribution < 1.29 is 28.5 Å². The summed E-state index contributed by atoms with van der Waals surface area (Å²) in [6, 6.07) is 11.5. The van der Waals surface area contributed by atoms with Gasteiger partial charge in [-0.2, -0.15) is 0 Å². The first-order valence-corrected chi connectivity index (χ1v) is 15.7. The maximum atomic E-state index is 13.2. The Morgan fingerprint density at radius 3 is 1.33 bits per heavy atom. The highest BCUT2D eigenvalue weighted by Crippen LogP contribution is 2.31. The topological polar surface area (TPSA) is 77.5 Å². The summed E-state index contributed by atoms with van der Waals surface area (Å²) in [5.41, 5.74) is 0.877. The van der Waals surface area contributed by atoms with E-state index in [-0.39, 0.29) is 24.4 Å². The van der Waals surface area contributed by atoms with Crippen molar-refractivity contribution in [3.63, 3.8) is 0 Å². The predicted molar refractivity (Wildman–Crippen MR) is 173 cm³/mol. The first kappa shape index (κ1) is 36.1. The third-order valence-electron chi connectivity index (χ3n) is 8.25. The van der Waals surface area contributed by atoms with Crippen LogP contribution in [0.25, 0.3) is 0 Å². The van der Waals surface area contributed by atoms with Crippen LogP contribution in [-0.2, 0) is 22.4 Å². The number of ether oxygens (including phenoxy) is 4. The molecule has 43 heavy (non-hydrogen) atoms. The van der Waals surface area contributed by atoms with Crippen molar-refractivity contribution in [2.75, 3.05) is 66.7 Å². The molecule has 0 saturated heterocycles. The third kappa shape index (κ3) is 11.2. The van der Waals surface area contributed by atoms with Crippen LogP contribution >= 0.6 is 0 Å². The van der Waals surface area contributed by atoms with E-state index in [9.17, 15) is 9.59 Å². The van der Waals surface area contributed by atoms with E-state index in [1.165, 1.54) is 0 Å². The van der Waals surface area contributed by atoms with Gasteiger partial charge in [-0.3, -0.25) is 9.59 Å². The van der Waals surface area contributed by atoms with Gasteiger partial charge in [0.25, 0.3) is 0 Å². The molecule has 0 aliphatic heterocycles. The van der Waals surface area contributed by atoms with Crippen molar-refractivity contribution in [3.05, 3.63) is 47.5 Å². The van der Waals surface area contributed by atoms with E-state index in [1.807, 2.05) is 36.4 Å². The Morgan fingerprint density at radius 2 is 1.00 bits per heavy atom. The molecule has 2 rings (SSSR count). The monoisotopic (exact) mass is 598 g/mol. The maximum Gasteiger partial charge on any atom is 0.161 e. The van der Waals surface area contributed by atoms with Crippen molar-refractivity contribution in [1.82, 2.24) is 9.80 Å². The molecule has 8 heteroatoms. The fourth-order valence-corrected chi connectivity index (χ4v) is 4.92. The number of rotatable bonds is 22. The summed E-state index contributed by atoms with van der Waals surface area (Å²) in [5, 5.41) is 0. The van der Waals surface area contributed by atoms with Crippen LogP contribution in [0.5, 0.6) is 23.0 Å². The number of Topliss-reactive ketones (excluding diaryl/α,β-unsaturated/α-hetero) is 2. The summed E-state index contributed by atoms with van der Waals surface area (Å²) >= 11 is 0. The highest BCUT2D eigenvalue weighted by atomic mass is 16.5. The minimum absolute atomic E-state index is 0.0643. The maximum absolute atomic E-state index is 13.2. The number of benzene rings is 2. The first-order chi connectivity index (χ1) is 20.6. The lowest BCUT2D eigenvalue weighted by Gasteiger charge is -2.22. The number of aryl methyl sites for hydroxylation is 2. The van der Waals surface area contributed by atoms with Crippen LogP contribution in [0.3, 0.4) is 0 Å². The van der Waals surface area contributed by atoms with Crippen LogP contribution in [0.4, 0.5) is 0 Å². The normalized spacial score (nSPS) is 11.6. The number of carbonyl (C=O) groups is 2. The predicted octanol–water partition coefficient (Wildman–Crippen LogP) is 5.87. The fourth-order valence-electron chi connectivity index (χ4n) is 4.92. The van der Waals surface area contributed by atoms with Crippen molar-refractivity contribution in [3.8, 4) is 23.0 Å². The number of hydrogen-bond donors (Lipinski definition) is 0. The van der Waals surface area contributed by atoms with E-state index in [1.54, 1.807) is 28.1 Å². The zero-order valence-electron chi connectivity index (χ0n) is 27.8. The Balaban J connectivity index is 1.91. The molecule has 2 aromatic rings. The molecule has 0 amide bonds. The van der Waals surface area contributed by atoms with Crippen LogP contribution in [0.15, 0.2) is 36.4 Å². The molecule has 0 spiro atoms. The van der Waals surface area contributed by atoms with Gasteiger partial charge in [0.2, 0.25) is 0 Å². The van der Waals surface area contributed by atoms with Gasteiger partial charge in [-0.1, -0.05) is 39.8 Å². The average Bonchev–Trinajstić information content (AvgIpc) is 3.03. The molecular formula is C35H54N2O6. The summed E-state index contributed by atoms with van der Waals surface area (Å²) < 4.78 is 23.0. The number of ketones is 2. The Hall–Kier alpha value is -3.10. The third-order valence-corrected chi connectivity index (χ3v) is 8.25. The van der Waals surface area contributed by atoms with Crippen molar-refractivity contribution >= 4 is 11.6 Å². The number of carbonyl (C=O) groups excluding carboxylic acids is 2. The van der Waals surface area contributed by atoms with Gasteiger partial charge in [0.15, 0.2) is 23.0 Å². The summed E-state index contributed by atoms with van der Waals surface area (Å²) in [7, 11) is 3.24. The molecule has 0 saturated carbocycles. The lowest BCUT2D eigenvalue weighted by molar-refractivity contribution is -0.138. The van der Waals surface area contributed by atoms with Crippen LogP contribution < -0.4 is 18.9 Å². The summed E-state index contributed by atoms with van der Waals surface area (Å²) in [5.74, 6) is 2.55. The van der Waals surface area contributed by atoms with Gasteiger partial charge in [0, 0.05) is 25.9 Å². The highest BCUT2D eigenvalue weighted by Gasteiger charge is 2.34. The zero-order chi connectivity index (χ0) is 31.8. The molecule has 0 radical (unpaired) electrons. The molecule has 0 unspecified atom stereocenters. The van der Waals surface area contributed by atoms with Gasteiger partial charge in [-0.05, 0) is 88.3 Å². The second-order valence-electron chi connectivity index (χ2n) is 11.2. The summed E-state index contributed by atoms with van der Waals surface area (Å²) in [6.45, 7) is 18.8. The van der Waals surface area contributed by atoms with Crippen molar-refractivity contribution in [1.29, 1.82) is 0 Å². The molecule has 0 aliphatic rings. The lowest BCUT2D eigenvalue weighted by Crippen LogP contribution is -2.34. The molecule has 0 aliphatic carbocycles. The van der Waals surface area contributed by atoms with Gasteiger partial charge in [0.05, 0.1) is 19.6 Å². The van der Waals surface area contributed by atoms with E-state index in [2.05, 4.69) is 37.5 Å². The van der Waals surface area contributed by atoms with Crippen molar-refractivity contribution in [2.45, 2.75) is 67.2 Å².